The van der Waals surface area contributed by atoms with E-state index in [-0.39, 0.29) is 12.0 Å². The maximum atomic E-state index is 12.6. The standard InChI is InChI=1S/C23H29N3O4/c1-17(2)29-22(28)23(3,4)30-20-9-5-8-19(15-20)25-11-13-26(14-12-25)21(27)18-7-6-10-24-16-18/h5-10,15-17H,11-14H2,1-4H3. The molecule has 0 bridgehead atoms. The van der Waals surface area contributed by atoms with Gasteiger partial charge in [0.15, 0.2) is 5.60 Å². The summed E-state index contributed by atoms with van der Waals surface area (Å²) in [5.41, 5.74) is 0.517. The first-order valence-electron chi connectivity index (χ1n) is 10.2. The Balaban J connectivity index is 1.62. The number of benzene rings is 1. The molecule has 0 unspecified atom stereocenters. The number of pyridine rings is 1. The van der Waals surface area contributed by atoms with Crippen LogP contribution in [0.25, 0.3) is 0 Å². The Morgan fingerprint density at radius 2 is 1.80 bits per heavy atom. The van der Waals surface area contributed by atoms with E-state index in [1.165, 1.54) is 0 Å². The Bertz CT molecular complexity index is 875. The predicted octanol–water partition coefficient (Wildman–Crippen LogP) is 3.15. The number of ether oxygens (including phenoxy) is 2. The van der Waals surface area contributed by atoms with Crippen molar-refractivity contribution in [1.29, 1.82) is 0 Å². The Morgan fingerprint density at radius 1 is 1.07 bits per heavy atom. The van der Waals surface area contributed by atoms with E-state index in [1.54, 1.807) is 38.4 Å². The van der Waals surface area contributed by atoms with Crippen molar-refractivity contribution in [3.05, 3.63) is 54.4 Å². The molecule has 3 rings (SSSR count). The first kappa shape index (κ1) is 21.6. The fourth-order valence-corrected chi connectivity index (χ4v) is 3.28. The van der Waals surface area contributed by atoms with Crippen LogP contribution in [0.1, 0.15) is 38.1 Å². The SMILES string of the molecule is CC(C)OC(=O)C(C)(C)Oc1cccc(N2CCN(C(=O)c3cccnc3)CC2)c1. The van der Waals surface area contributed by atoms with Gasteiger partial charge in [0.05, 0.1) is 11.7 Å². The lowest BCUT2D eigenvalue weighted by Crippen LogP contribution is -2.48. The molecule has 1 saturated heterocycles. The first-order chi connectivity index (χ1) is 14.3. The summed E-state index contributed by atoms with van der Waals surface area (Å²) in [6, 6.07) is 11.2. The van der Waals surface area contributed by atoms with Gasteiger partial charge in [-0.15, -0.1) is 0 Å². The minimum absolute atomic E-state index is 0.00486. The number of amides is 1. The van der Waals surface area contributed by atoms with E-state index in [2.05, 4.69) is 9.88 Å². The summed E-state index contributed by atoms with van der Waals surface area (Å²) in [4.78, 5) is 33.0. The van der Waals surface area contributed by atoms with Crippen molar-refractivity contribution in [3.63, 3.8) is 0 Å². The van der Waals surface area contributed by atoms with Crippen molar-refractivity contribution in [2.45, 2.75) is 39.4 Å². The number of esters is 1. The number of carbonyl (C=O) groups excluding carboxylic acids is 2. The normalized spacial score (nSPS) is 14.6. The van der Waals surface area contributed by atoms with Gasteiger partial charge >= 0.3 is 5.97 Å². The van der Waals surface area contributed by atoms with Gasteiger partial charge < -0.3 is 19.3 Å². The Labute approximate surface area is 177 Å². The molecule has 2 aromatic rings. The van der Waals surface area contributed by atoms with Crippen LogP contribution < -0.4 is 9.64 Å². The molecule has 30 heavy (non-hydrogen) atoms. The van der Waals surface area contributed by atoms with E-state index < -0.39 is 11.6 Å². The second kappa shape index (κ2) is 9.15. The molecule has 0 spiro atoms. The highest BCUT2D eigenvalue weighted by atomic mass is 16.6. The van der Waals surface area contributed by atoms with Gasteiger partial charge in [-0.2, -0.15) is 0 Å². The van der Waals surface area contributed by atoms with Crippen molar-refractivity contribution < 1.29 is 19.1 Å². The van der Waals surface area contributed by atoms with Gasteiger partial charge in [0.1, 0.15) is 5.75 Å². The number of nitrogens with zero attached hydrogens (tertiary/aromatic N) is 3. The topological polar surface area (TPSA) is 72.0 Å². The van der Waals surface area contributed by atoms with Crippen LogP contribution in [0.5, 0.6) is 5.75 Å². The van der Waals surface area contributed by atoms with E-state index in [0.717, 1.165) is 5.69 Å². The monoisotopic (exact) mass is 411 g/mol. The smallest absolute Gasteiger partial charge is 0.350 e. The molecular formula is C23H29N3O4. The lowest BCUT2D eigenvalue weighted by molar-refractivity contribution is -0.163. The van der Waals surface area contributed by atoms with E-state index >= 15 is 0 Å². The number of carbonyl (C=O) groups is 2. The molecule has 0 aliphatic carbocycles. The molecule has 0 radical (unpaired) electrons. The average Bonchev–Trinajstić information content (AvgIpc) is 2.73. The predicted molar refractivity (Wildman–Crippen MR) is 115 cm³/mol. The zero-order valence-corrected chi connectivity index (χ0v) is 18.0. The van der Waals surface area contributed by atoms with Crippen LogP contribution in [0.4, 0.5) is 5.69 Å². The Kier molecular flexibility index (Phi) is 6.59. The van der Waals surface area contributed by atoms with Crippen molar-refractivity contribution >= 4 is 17.6 Å². The molecule has 1 aliphatic heterocycles. The third kappa shape index (κ3) is 5.28. The first-order valence-corrected chi connectivity index (χ1v) is 10.2. The van der Waals surface area contributed by atoms with E-state index in [9.17, 15) is 9.59 Å². The summed E-state index contributed by atoms with van der Waals surface area (Å²) in [6.07, 6.45) is 3.06. The summed E-state index contributed by atoms with van der Waals surface area (Å²) < 4.78 is 11.2. The summed E-state index contributed by atoms with van der Waals surface area (Å²) >= 11 is 0. The van der Waals surface area contributed by atoms with Crippen LogP contribution in [0.2, 0.25) is 0 Å². The van der Waals surface area contributed by atoms with Gasteiger partial charge in [-0.3, -0.25) is 9.78 Å². The fraction of sp³-hybridized carbons (Fsp3) is 0.435. The minimum atomic E-state index is -1.09. The molecule has 0 N–H and O–H groups in total. The highest BCUT2D eigenvalue weighted by Crippen LogP contribution is 2.26. The van der Waals surface area contributed by atoms with Gasteiger partial charge in [-0.1, -0.05) is 6.07 Å². The second-order valence-corrected chi connectivity index (χ2v) is 8.08. The van der Waals surface area contributed by atoms with Gasteiger partial charge in [0, 0.05) is 50.3 Å². The number of hydrogen-bond acceptors (Lipinski definition) is 6. The van der Waals surface area contributed by atoms with Gasteiger partial charge in [0.25, 0.3) is 5.91 Å². The summed E-state index contributed by atoms with van der Waals surface area (Å²) in [5.74, 6) is 0.211. The molecule has 0 saturated carbocycles. The van der Waals surface area contributed by atoms with E-state index in [4.69, 9.17) is 9.47 Å². The van der Waals surface area contributed by atoms with Crippen LogP contribution in [0.15, 0.2) is 48.8 Å². The quantitative estimate of drug-likeness (QED) is 0.680. The van der Waals surface area contributed by atoms with E-state index in [0.29, 0.717) is 37.5 Å². The lowest BCUT2D eigenvalue weighted by atomic mass is 10.1. The molecule has 0 atom stereocenters. The van der Waals surface area contributed by atoms with Crippen LogP contribution >= 0.6 is 0 Å². The molecule has 1 fully saturated rings. The molecule has 160 valence electrons. The van der Waals surface area contributed by atoms with Crippen molar-refractivity contribution in [2.24, 2.45) is 0 Å². The van der Waals surface area contributed by atoms with Crippen LogP contribution in [0.3, 0.4) is 0 Å². The number of rotatable bonds is 6. The zero-order valence-electron chi connectivity index (χ0n) is 18.0. The molecule has 1 aromatic carbocycles. The summed E-state index contributed by atoms with van der Waals surface area (Å²) in [6.45, 7) is 9.72. The largest absolute Gasteiger partial charge is 0.476 e. The third-order valence-corrected chi connectivity index (χ3v) is 4.87. The highest BCUT2D eigenvalue weighted by molar-refractivity contribution is 5.94. The molecular weight excluding hydrogens is 382 g/mol. The molecule has 7 heteroatoms. The zero-order chi connectivity index (χ0) is 21.7. The fourth-order valence-electron chi connectivity index (χ4n) is 3.28. The number of aromatic nitrogens is 1. The molecule has 1 amide bonds. The van der Waals surface area contributed by atoms with Crippen LogP contribution in [-0.4, -0.2) is 59.6 Å². The Morgan fingerprint density at radius 3 is 2.43 bits per heavy atom. The average molecular weight is 412 g/mol. The number of anilines is 1. The van der Waals surface area contributed by atoms with Crippen LogP contribution in [-0.2, 0) is 9.53 Å². The third-order valence-electron chi connectivity index (χ3n) is 4.87. The maximum absolute atomic E-state index is 12.6. The molecule has 1 aliphatic rings. The van der Waals surface area contributed by atoms with Crippen molar-refractivity contribution in [3.8, 4) is 5.75 Å². The molecule has 1 aromatic heterocycles. The number of piperazine rings is 1. The highest BCUT2D eigenvalue weighted by Gasteiger charge is 2.32. The Hall–Kier alpha value is -3.09. The molecule has 7 nitrogen and oxygen atoms in total. The minimum Gasteiger partial charge on any atom is -0.476 e. The van der Waals surface area contributed by atoms with Gasteiger partial charge in [0.2, 0.25) is 0 Å². The van der Waals surface area contributed by atoms with E-state index in [1.807, 2.05) is 43.0 Å². The maximum Gasteiger partial charge on any atom is 0.350 e. The van der Waals surface area contributed by atoms with Crippen molar-refractivity contribution in [1.82, 2.24) is 9.88 Å². The molecule has 2 heterocycles. The van der Waals surface area contributed by atoms with Gasteiger partial charge in [-0.05, 0) is 52.0 Å². The lowest BCUT2D eigenvalue weighted by Gasteiger charge is -2.36. The summed E-state index contributed by atoms with van der Waals surface area (Å²) in [7, 11) is 0. The summed E-state index contributed by atoms with van der Waals surface area (Å²) in [5, 5.41) is 0. The van der Waals surface area contributed by atoms with Crippen molar-refractivity contribution in [2.75, 3.05) is 31.1 Å². The van der Waals surface area contributed by atoms with Crippen LogP contribution in [0, 0.1) is 0 Å². The second-order valence-electron chi connectivity index (χ2n) is 8.08. The number of hydrogen-bond donors (Lipinski definition) is 0. The van der Waals surface area contributed by atoms with Gasteiger partial charge in [-0.25, -0.2) is 4.79 Å².